The number of rotatable bonds is 1. The molecular weight excluding hydrogens is 114 g/mol. The lowest BCUT2D eigenvalue weighted by molar-refractivity contribution is 0.0966. The summed E-state index contributed by atoms with van der Waals surface area (Å²) in [5, 5.41) is 0. The highest BCUT2D eigenvalue weighted by Gasteiger charge is 2.53. The molecule has 52 valence electrons. The van der Waals surface area contributed by atoms with Crippen molar-refractivity contribution in [3.8, 4) is 0 Å². The van der Waals surface area contributed by atoms with Crippen LogP contribution in [0.25, 0.3) is 0 Å². The van der Waals surface area contributed by atoms with Gasteiger partial charge in [0.1, 0.15) is 0 Å². The third kappa shape index (κ3) is 0.700. The molecule has 0 aromatic carbocycles. The molecule has 0 radical (unpaired) electrons. The van der Waals surface area contributed by atoms with Crippen LogP contribution in [0, 0.1) is 11.8 Å². The van der Waals surface area contributed by atoms with Crippen molar-refractivity contribution < 1.29 is 4.74 Å². The van der Waals surface area contributed by atoms with E-state index in [9.17, 15) is 0 Å². The zero-order chi connectivity index (χ0) is 6.43. The monoisotopic (exact) mass is 127 g/mol. The van der Waals surface area contributed by atoms with Gasteiger partial charge < -0.3 is 10.5 Å². The van der Waals surface area contributed by atoms with Gasteiger partial charge in [0, 0.05) is 13.2 Å². The third-order valence-corrected chi connectivity index (χ3v) is 2.80. The van der Waals surface area contributed by atoms with Crippen LogP contribution in [0.4, 0.5) is 0 Å². The lowest BCUT2D eigenvalue weighted by Gasteiger charge is -2.09. The highest BCUT2D eigenvalue weighted by atomic mass is 16.5. The Labute approximate surface area is 55.4 Å². The minimum absolute atomic E-state index is 0.524. The zero-order valence-corrected chi connectivity index (χ0v) is 5.71. The van der Waals surface area contributed by atoms with E-state index in [4.69, 9.17) is 10.5 Å². The molecule has 0 heterocycles. The summed E-state index contributed by atoms with van der Waals surface area (Å²) in [5.41, 5.74) is 5.73. The second kappa shape index (κ2) is 1.70. The number of methoxy groups -OCH3 is 1. The Kier molecular flexibility index (Phi) is 1.08. The second-order valence-electron chi connectivity index (χ2n) is 3.23. The van der Waals surface area contributed by atoms with Crippen molar-refractivity contribution >= 4 is 0 Å². The maximum absolute atomic E-state index is 5.73. The molecule has 0 aromatic rings. The molecule has 1 unspecified atom stereocenters. The number of hydrogen-bond donors (Lipinski definition) is 1. The molecule has 2 fully saturated rings. The summed E-state index contributed by atoms with van der Waals surface area (Å²) in [6.07, 6.45) is 2.95. The summed E-state index contributed by atoms with van der Waals surface area (Å²) in [7, 11) is 1.79. The van der Waals surface area contributed by atoms with E-state index in [1.54, 1.807) is 7.11 Å². The van der Waals surface area contributed by atoms with E-state index in [0.717, 1.165) is 11.8 Å². The quantitative estimate of drug-likeness (QED) is 0.552. The molecule has 2 rings (SSSR count). The molecule has 2 nitrogen and oxygen atoms in total. The van der Waals surface area contributed by atoms with Gasteiger partial charge in [0.2, 0.25) is 0 Å². The van der Waals surface area contributed by atoms with Crippen molar-refractivity contribution in [1.29, 1.82) is 0 Å². The minimum Gasteiger partial charge on any atom is -0.381 e. The number of fused-ring (bicyclic) bond motifs is 1. The smallest absolute Gasteiger partial charge is 0.0578 e. The standard InChI is InChI=1S/C7H13NO/c1-9-4-2-5-6(3-4)7(5)8/h4-7H,2-3,8H2,1H3/t4?,5-,6+,7+. The second-order valence-corrected chi connectivity index (χ2v) is 3.23. The Balaban J connectivity index is 1.89. The van der Waals surface area contributed by atoms with Crippen LogP contribution in [0.1, 0.15) is 12.8 Å². The zero-order valence-electron chi connectivity index (χ0n) is 5.71. The molecule has 0 spiro atoms. The van der Waals surface area contributed by atoms with Crippen LogP contribution >= 0.6 is 0 Å². The highest BCUT2D eigenvalue weighted by Crippen LogP contribution is 2.51. The fourth-order valence-corrected chi connectivity index (χ4v) is 2.03. The third-order valence-electron chi connectivity index (χ3n) is 2.80. The van der Waals surface area contributed by atoms with Crippen LogP contribution < -0.4 is 5.73 Å². The van der Waals surface area contributed by atoms with Crippen molar-refractivity contribution in [2.24, 2.45) is 17.6 Å². The van der Waals surface area contributed by atoms with Gasteiger partial charge in [0.05, 0.1) is 6.10 Å². The summed E-state index contributed by atoms with van der Waals surface area (Å²) in [6.45, 7) is 0. The van der Waals surface area contributed by atoms with Crippen molar-refractivity contribution in [2.45, 2.75) is 25.0 Å². The highest BCUT2D eigenvalue weighted by molar-refractivity contribution is 5.07. The minimum atomic E-state index is 0.524. The lowest BCUT2D eigenvalue weighted by Crippen LogP contribution is -2.15. The van der Waals surface area contributed by atoms with E-state index in [2.05, 4.69) is 0 Å². The first kappa shape index (κ1) is 5.69. The van der Waals surface area contributed by atoms with Crippen molar-refractivity contribution in [1.82, 2.24) is 0 Å². The van der Waals surface area contributed by atoms with Crippen LogP contribution in [0.3, 0.4) is 0 Å². The number of hydrogen-bond acceptors (Lipinski definition) is 2. The van der Waals surface area contributed by atoms with Crippen molar-refractivity contribution in [3.05, 3.63) is 0 Å². The maximum atomic E-state index is 5.73. The SMILES string of the molecule is COC1C[C@@H]2[C@@H](N)[C@@H]2C1. The van der Waals surface area contributed by atoms with E-state index in [0.29, 0.717) is 12.1 Å². The van der Waals surface area contributed by atoms with Gasteiger partial charge in [0.25, 0.3) is 0 Å². The van der Waals surface area contributed by atoms with Crippen molar-refractivity contribution in [3.63, 3.8) is 0 Å². The first-order valence-electron chi connectivity index (χ1n) is 3.61. The Bertz CT molecular complexity index is 114. The summed E-state index contributed by atoms with van der Waals surface area (Å²) in [5.74, 6) is 1.63. The van der Waals surface area contributed by atoms with Crippen LogP contribution in [-0.4, -0.2) is 19.3 Å². The van der Waals surface area contributed by atoms with E-state index >= 15 is 0 Å². The molecule has 0 bridgehead atoms. The molecule has 0 aromatic heterocycles. The average Bonchev–Trinajstić information content (AvgIpc) is 2.32. The van der Waals surface area contributed by atoms with Crippen molar-refractivity contribution in [2.75, 3.05) is 7.11 Å². The number of ether oxygens (including phenoxy) is 1. The van der Waals surface area contributed by atoms with E-state index < -0.39 is 0 Å². The summed E-state index contributed by atoms with van der Waals surface area (Å²) < 4.78 is 5.20. The van der Waals surface area contributed by atoms with Gasteiger partial charge in [-0.2, -0.15) is 0 Å². The van der Waals surface area contributed by atoms with Gasteiger partial charge in [0.15, 0.2) is 0 Å². The molecule has 2 aliphatic carbocycles. The molecule has 4 atom stereocenters. The topological polar surface area (TPSA) is 35.2 Å². The predicted octanol–water partition coefficient (Wildman–Crippen LogP) is 0.368. The summed E-state index contributed by atoms with van der Waals surface area (Å²) in [4.78, 5) is 0. The van der Waals surface area contributed by atoms with Gasteiger partial charge in [-0.1, -0.05) is 0 Å². The molecule has 0 saturated heterocycles. The van der Waals surface area contributed by atoms with Crippen LogP contribution in [0.5, 0.6) is 0 Å². The Morgan fingerprint density at radius 2 is 1.89 bits per heavy atom. The first-order valence-corrected chi connectivity index (χ1v) is 3.61. The molecular formula is C7H13NO. The fourth-order valence-electron chi connectivity index (χ4n) is 2.03. The summed E-state index contributed by atoms with van der Waals surface area (Å²) >= 11 is 0. The average molecular weight is 127 g/mol. The van der Waals surface area contributed by atoms with Gasteiger partial charge in [-0.25, -0.2) is 0 Å². The van der Waals surface area contributed by atoms with Crippen LogP contribution in [0.2, 0.25) is 0 Å². The van der Waals surface area contributed by atoms with E-state index in [1.807, 2.05) is 0 Å². The van der Waals surface area contributed by atoms with Crippen LogP contribution in [-0.2, 0) is 4.74 Å². The predicted molar refractivity (Wildman–Crippen MR) is 35.0 cm³/mol. The first-order chi connectivity index (χ1) is 4.33. The largest absolute Gasteiger partial charge is 0.381 e. The Morgan fingerprint density at radius 3 is 2.33 bits per heavy atom. The van der Waals surface area contributed by atoms with E-state index in [-0.39, 0.29) is 0 Å². The fraction of sp³-hybridized carbons (Fsp3) is 1.00. The van der Waals surface area contributed by atoms with Gasteiger partial charge in [-0.3, -0.25) is 0 Å². The van der Waals surface area contributed by atoms with Gasteiger partial charge >= 0.3 is 0 Å². The Morgan fingerprint density at radius 1 is 1.33 bits per heavy atom. The molecule has 9 heavy (non-hydrogen) atoms. The van der Waals surface area contributed by atoms with Gasteiger partial charge in [-0.15, -0.1) is 0 Å². The molecule has 0 aliphatic heterocycles. The maximum Gasteiger partial charge on any atom is 0.0578 e. The van der Waals surface area contributed by atoms with Crippen LogP contribution in [0.15, 0.2) is 0 Å². The lowest BCUT2D eigenvalue weighted by atomic mass is 10.2. The van der Waals surface area contributed by atoms with E-state index in [1.165, 1.54) is 12.8 Å². The molecule has 2 saturated carbocycles. The Hall–Kier alpha value is -0.0800. The molecule has 2 heteroatoms. The number of nitrogens with two attached hydrogens (primary N) is 1. The summed E-state index contributed by atoms with van der Waals surface area (Å²) in [6, 6.07) is 0.524. The normalized spacial score (nSPS) is 55.3. The van der Waals surface area contributed by atoms with Gasteiger partial charge in [-0.05, 0) is 24.7 Å². The molecule has 2 N–H and O–H groups in total. The molecule has 2 aliphatic rings. The molecule has 0 amide bonds.